The van der Waals surface area contributed by atoms with Crippen LogP contribution in [0.25, 0.3) is 0 Å². The number of pyridine rings is 1. The number of nitrogens with one attached hydrogen (secondary N) is 2. The zero-order valence-corrected chi connectivity index (χ0v) is 12.5. The van der Waals surface area contributed by atoms with Crippen molar-refractivity contribution in [3.05, 3.63) is 35.8 Å². The van der Waals surface area contributed by atoms with Crippen molar-refractivity contribution in [2.75, 3.05) is 10.6 Å². The summed E-state index contributed by atoms with van der Waals surface area (Å²) in [6, 6.07) is 3.41. The first-order chi connectivity index (χ1) is 10.6. The number of hydrogen-bond donors (Lipinski definition) is 2. The summed E-state index contributed by atoms with van der Waals surface area (Å²) in [7, 11) is 1.77. The summed E-state index contributed by atoms with van der Waals surface area (Å²) in [6.45, 7) is 1.98. The number of aryl methyl sites for hydroxylation is 1. The van der Waals surface area contributed by atoms with Crippen molar-refractivity contribution < 1.29 is 9.59 Å². The third-order valence-electron chi connectivity index (χ3n) is 3.73. The Hall–Kier alpha value is -2.70. The zero-order valence-electron chi connectivity index (χ0n) is 12.5. The van der Waals surface area contributed by atoms with Crippen molar-refractivity contribution >= 4 is 23.3 Å². The predicted molar refractivity (Wildman–Crippen MR) is 81.7 cm³/mol. The molecule has 2 amide bonds. The summed E-state index contributed by atoms with van der Waals surface area (Å²) in [6.07, 6.45) is 4.25. The lowest BCUT2D eigenvalue weighted by atomic mass is 9.94. The van der Waals surface area contributed by atoms with E-state index in [2.05, 4.69) is 20.7 Å². The Bertz CT molecular complexity index is 737. The second kappa shape index (κ2) is 5.59. The van der Waals surface area contributed by atoms with Gasteiger partial charge in [-0.15, -0.1) is 0 Å². The van der Waals surface area contributed by atoms with E-state index >= 15 is 0 Å². The summed E-state index contributed by atoms with van der Waals surface area (Å²) < 4.78 is 1.60. The van der Waals surface area contributed by atoms with E-state index in [1.807, 2.05) is 6.92 Å². The zero-order chi connectivity index (χ0) is 15.7. The van der Waals surface area contributed by atoms with Gasteiger partial charge in [-0.05, 0) is 18.6 Å². The van der Waals surface area contributed by atoms with Crippen LogP contribution >= 0.6 is 0 Å². The summed E-state index contributed by atoms with van der Waals surface area (Å²) in [5, 5.41) is 9.93. The SMILES string of the molecule is CC[C@H]1CC(=O)Nc2ncccc2NC(=O)c2cn(C)nc21. The lowest BCUT2D eigenvalue weighted by molar-refractivity contribution is -0.116. The minimum atomic E-state index is -0.244. The quantitative estimate of drug-likeness (QED) is 0.841. The molecule has 1 atom stereocenters. The lowest BCUT2D eigenvalue weighted by Gasteiger charge is -2.18. The van der Waals surface area contributed by atoms with Crippen LogP contribution in [-0.4, -0.2) is 26.6 Å². The van der Waals surface area contributed by atoms with Gasteiger partial charge in [-0.1, -0.05) is 6.92 Å². The molecule has 0 bridgehead atoms. The van der Waals surface area contributed by atoms with Gasteiger partial charge in [0.05, 0.1) is 16.9 Å². The average Bonchev–Trinajstić information content (AvgIpc) is 2.88. The number of hydrogen-bond acceptors (Lipinski definition) is 4. The van der Waals surface area contributed by atoms with Gasteiger partial charge < -0.3 is 10.6 Å². The maximum absolute atomic E-state index is 12.5. The molecule has 7 nitrogen and oxygen atoms in total. The molecule has 7 heteroatoms. The first-order valence-electron chi connectivity index (χ1n) is 7.18. The molecule has 0 radical (unpaired) electrons. The summed E-state index contributed by atoms with van der Waals surface area (Å²) in [5.74, 6) is -0.123. The topological polar surface area (TPSA) is 88.9 Å². The van der Waals surface area contributed by atoms with Gasteiger partial charge in [-0.2, -0.15) is 5.10 Å². The van der Waals surface area contributed by atoms with E-state index in [9.17, 15) is 9.59 Å². The van der Waals surface area contributed by atoms with Crippen LogP contribution < -0.4 is 10.6 Å². The highest BCUT2D eigenvalue weighted by molar-refractivity contribution is 6.08. The van der Waals surface area contributed by atoms with Crippen molar-refractivity contribution in [1.82, 2.24) is 14.8 Å². The second-order valence-electron chi connectivity index (χ2n) is 5.31. The number of carbonyl (C=O) groups excluding carboxylic acids is 2. The molecule has 0 saturated carbocycles. The van der Waals surface area contributed by atoms with Crippen LogP contribution in [0.4, 0.5) is 11.5 Å². The molecule has 2 aromatic heterocycles. The molecule has 0 aromatic carbocycles. The van der Waals surface area contributed by atoms with Crippen molar-refractivity contribution in [3.8, 4) is 0 Å². The smallest absolute Gasteiger partial charge is 0.259 e. The van der Waals surface area contributed by atoms with E-state index in [4.69, 9.17) is 0 Å². The van der Waals surface area contributed by atoms with Crippen molar-refractivity contribution in [2.45, 2.75) is 25.7 Å². The molecule has 3 heterocycles. The number of rotatable bonds is 1. The molecule has 0 saturated heterocycles. The molecule has 114 valence electrons. The Morgan fingerprint density at radius 1 is 1.36 bits per heavy atom. The highest BCUT2D eigenvalue weighted by Crippen LogP contribution is 2.29. The van der Waals surface area contributed by atoms with Gasteiger partial charge in [0.1, 0.15) is 0 Å². The Morgan fingerprint density at radius 2 is 2.18 bits per heavy atom. The molecular weight excluding hydrogens is 282 g/mol. The molecule has 3 rings (SSSR count). The monoisotopic (exact) mass is 299 g/mol. The number of amides is 2. The molecular formula is C15H17N5O2. The van der Waals surface area contributed by atoms with E-state index in [1.165, 1.54) is 0 Å². The fourth-order valence-corrected chi connectivity index (χ4v) is 2.62. The fraction of sp³-hybridized carbons (Fsp3) is 0.333. The van der Waals surface area contributed by atoms with Gasteiger partial charge in [0.25, 0.3) is 5.91 Å². The highest BCUT2D eigenvalue weighted by Gasteiger charge is 2.26. The van der Waals surface area contributed by atoms with E-state index in [0.717, 1.165) is 6.42 Å². The molecule has 0 spiro atoms. The van der Waals surface area contributed by atoms with E-state index in [0.29, 0.717) is 22.8 Å². The van der Waals surface area contributed by atoms with Gasteiger partial charge in [0, 0.05) is 31.8 Å². The van der Waals surface area contributed by atoms with Gasteiger partial charge in [0.2, 0.25) is 5.91 Å². The average molecular weight is 299 g/mol. The number of anilines is 2. The molecule has 22 heavy (non-hydrogen) atoms. The molecule has 1 aliphatic heterocycles. The van der Waals surface area contributed by atoms with Gasteiger partial charge in [-0.25, -0.2) is 4.98 Å². The largest absolute Gasteiger partial charge is 0.319 e. The fourth-order valence-electron chi connectivity index (χ4n) is 2.62. The van der Waals surface area contributed by atoms with E-state index < -0.39 is 0 Å². The molecule has 0 unspecified atom stereocenters. The third-order valence-corrected chi connectivity index (χ3v) is 3.73. The van der Waals surface area contributed by atoms with Crippen LogP contribution in [0.1, 0.15) is 41.7 Å². The number of carbonyl (C=O) groups is 2. The van der Waals surface area contributed by atoms with Crippen LogP contribution in [0.3, 0.4) is 0 Å². The minimum absolute atomic E-state index is 0.104. The minimum Gasteiger partial charge on any atom is -0.319 e. The lowest BCUT2D eigenvalue weighted by Crippen LogP contribution is -2.23. The Balaban J connectivity index is 2.10. The van der Waals surface area contributed by atoms with Crippen LogP contribution in [0.15, 0.2) is 24.5 Å². The first-order valence-corrected chi connectivity index (χ1v) is 7.18. The Kier molecular flexibility index (Phi) is 3.62. The summed E-state index contributed by atoms with van der Waals surface area (Å²) >= 11 is 0. The molecule has 2 N–H and O–H groups in total. The molecule has 2 aromatic rings. The van der Waals surface area contributed by atoms with Gasteiger partial charge in [0.15, 0.2) is 5.82 Å². The maximum Gasteiger partial charge on any atom is 0.259 e. The second-order valence-corrected chi connectivity index (χ2v) is 5.31. The van der Waals surface area contributed by atoms with Crippen molar-refractivity contribution in [3.63, 3.8) is 0 Å². The molecule has 0 fully saturated rings. The Morgan fingerprint density at radius 3 is 2.95 bits per heavy atom. The van der Waals surface area contributed by atoms with Crippen LogP contribution in [0, 0.1) is 0 Å². The molecule has 0 aliphatic carbocycles. The van der Waals surface area contributed by atoms with Crippen LogP contribution in [0.5, 0.6) is 0 Å². The van der Waals surface area contributed by atoms with Crippen molar-refractivity contribution in [1.29, 1.82) is 0 Å². The summed E-state index contributed by atoms with van der Waals surface area (Å²) in [4.78, 5) is 28.9. The van der Waals surface area contributed by atoms with Crippen molar-refractivity contribution in [2.24, 2.45) is 7.05 Å². The maximum atomic E-state index is 12.5. The highest BCUT2D eigenvalue weighted by atomic mass is 16.2. The number of nitrogens with zero attached hydrogens (tertiary/aromatic N) is 3. The molecule has 1 aliphatic rings. The predicted octanol–water partition coefficient (Wildman–Crippen LogP) is 1.90. The van der Waals surface area contributed by atoms with E-state index in [1.54, 1.807) is 36.3 Å². The summed E-state index contributed by atoms with van der Waals surface area (Å²) in [5.41, 5.74) is 1.63. The van der Waals surface area contributed by atoms with E-state index in [-0.39, 0.29) is 24.2 Å². The van der Waals surface area contributed by atoms with Crippen LogP contribution in [0.2, 0.25) is 0 Å². The van der Waals surface area contributed by atoms with Crippen LogP contribution in [-0.2, 0) is 11.8 Å². The number of fused-ring (bicyclic) bond motifs is 2. The Labute approximate surface area is 127 Å². The standard InChI is InChI=1S/C15H17N5O2/c1-3-9-7-12(21)18-14-11(5-4-6-16-14)17-15(22)10-8-20(2)19-13(9)10/h4-6,8-9H,3,7H2,1-2H3,(H,17,22)(H,16,18,21)/t9-/m0/s1. The van der Waals surface area contributed by atoms with Gasteiger partial charge >= 0.3 is 0 Å². The third kappa shape index (κ3) is 2.57. The normalized spacial score (nSPS) is 18.0. The number of aromatic nitrogens is 3. The van der Waals surface area contributed by atoms with Gasteiger partial charge in [-0.3, -0.25) is 14.3 Å². The first kappa shape index (κ1) is 14.2.